The number of carbonyl (C=O) groups is 1. The van der Waals surface area contributed by atoms with Crippen LogP contribution >= 0.6 is 0 Å². The van der Waals surface area contributed by atoms with Crippen LogP contribution in [-0.2, 0) is 11.2 Å². The molecule has 27 heavy (non-hydrogen) atoms. The largest absolute Gasteiger partial charge is 0.379 e. The second-order valence-electron chi connectivity index (χ2n) is 7.91. The van der Waals surface area contributed by atoms with Crippen LogP contribution in [0.25, 0.3) is 5.70 Å². The van der Waals surface area contributed by atoms with Crippen LogP contribution in [0.2, 0.25) is 0 Å². The van der Waals surface area contributed by atoms with E-state index in [0.717, 1.165) is 44.0 Å². The average Bonchev–Trinajstić information content (AvgIpc) is 2.68. The van der Waals surface area contributed by atoms with Gasteiger partial charge in [-0.3, -0.25) is 4.79 Å². The number of rotatable bonds is 3. The van der Waals surface area contributed by atoms with Gasteiger partial charge in [0, 0.05) is 47.2 Å². The van der Waals surface area contributed by atoms with E-state index in [1.165, 1.54) is 11.3 Å². The van der Waals surface area contributed by atoms with Gasteiger partial charge in [-0.1, -0.05) is 36.4 Å². The zero-order valence-electron chi connectivity index (χ0n) is 16.0. The number of hydrogen-bond donors (Lipinski definition) is 1. The third-order valence-corrected chi connectivity index (χ3v) is 5.19. The molecule has 0 bridgehead atoms. The lowest BCUT2D eigenvalue weighted by molar-refractivity contribution is 0.104. The molecule has 0 spiro atoms. The molecule has 4 heteroatoms. The van der Waals surface area contributed by atoms with Gasteiger partial charge in [0.05, 0.1) is 13.2 Å². The molecule has 1 fully saturated rings. The first kappa shape index (κ1) is 17.8. The van der Waals surface area contributed by atoms with Crippen molar-refractivity contribution in [3.05, 3.63) is 71.3 Å². The number of carbonyl (C=O) groups excluding carboxylic acids is 1. The summed E-state index contributed by atoms with van der Waals surface area (Å²) in [5, 5.41) is 3.56. The molecule has 0 atom stereocenters. The van der Waals surface area contributed by atoms with E-state index in [1.54, 1.807) is 6.08 Å². The topological polar surface area (TPSA) is 41.6 Å². The Morgan fingerprint density at radius 2 is 1.85 bits per heavy atom. The van der Waals surface area contributed by atoms with Crippen molar-refractivity contribution in [2.45, 2.75) is 25.8 Å². The predicted molar refractivity (Wildman–Crippen MR) is 109 cm³/mol. The Morgan fingerprint density at radius 1 is 1.11 bits per heavy atom. The SMILES string of the molecule is CC1(C)Cc2cc(N3CCOCC3)ccc2C(=CC(=O)c2ccccc2)N1. The molecule has 2 heterocycles. The monoisotopic (exact) mass is 362 g/mol. The molecule has 4 rings (SSSR count). The number of morpholine rings is 1. The molecular formula is C23H26N2O2. The Labute approximate surface area is 160 Å². The third-order valence-electron chi connectivity index (χ3n) is 5.19. The first-order valence-electron chi connectivity index (χ1n) is 9.57. The number of nitrogens with zero attached hydrogens (tertiary/aromatic N) is 1. The average molecular weight is 362 g/mol. The second-order valence-corrected chi connectivity index (χ2v) is 7.91. The standard InChI is InChI=1S/C23H26N2O2/c1-23(2)16-18-14-19(25-10-12-27-13-11-25)8-9-20(18)21(24-23)15-22(26)17-6-4-3-5-7-17/h3-9,14-15,24H,10-13,16H2,1-2H3. The highest BCUT2D eigenvalue weighted by Crippen LogP contribution is 2.33. The third kappa shape index (κ3) is 3.91. The van der Waals surface area contributed by atoms with Gasteiger partial charge in [0.15, 0.2) is 5.78 Å². The minimum absolute atomic E-state index is 0.0269. The van der Waals surface area contributed by atoms with Crippen molar-refractivity contribution in [1.82, 2.24) is 5.32 Å². The van der Waals surface area contributed by atoms with E-state index in [1.807, 2.05) is 30.3 Å². The summed E-state index contributed by atoms with van der Waals surface area (Å²) in [5.74, 6) is 0.0269. The van der Waals surface area contributed by atoms with E-state index in [4.69, 9.17) is 4.74 Å². The van der Waals surface area contributed by atoms with Crippen LogP contribution in [0, 0.1) is 0 Å². The van der Waals surface area contributed by atoms with Gasteiger partial charge in [-0.05, 0) is 38.0 Å². The maximum absolute atomic E-state index is 12.7. The van der Waals surface area contributed by atoms with Crippen LogP contribution < -0.4 is 10.2 Å². The number of nitrogens with one attached hydrogen (secondary N) is 1. The maximum atomic E-state index is 12.7. The molecule has 0 unspecified atom stereocenters. The fourth-order valence-electron chi connectivity index (χ4n) is 3.89. The zero-order valence-corrected chi connectivity index (χ0v) is 16.0. The van der Waals surface area contributed by atoms with Crippen molar-refractivity contribution < 1.29 is 9.53 Å². The summed E-state index contributed by atoms with van der Waals surface area (Å²) in [6, 6.07) is 16.0. The lowest BCUT2D eigenvalue weighted by atomic mass is 9.85. The fraction of sp³-hybridized carbons (Fsp3) is 0.348. The first-order valence-corrected chi connectivity index (χ1v) is 9.57. The number of ether oxygens (including phenoxy) is 1. The summed E-state index contributed by atoms with van der Waals surface area (Å²) < 4.78 is 5.47. The molecule has 2 aromatic rings. The highest BCUT2D eigenvalue weighted by atomic mass is 16.5. The first-order chi connectivity index (χ1) is 13.0. The van der Waals surface area contributed by atoms with Crippen LogP contribution in [-0.4, -0.2) is 37.6 Å². The van der Waals surface area contributed by atoms with Crippen LogP contribution in [0.15, 0.2) is 54.6 Å². The van der Waals surface area contributed by atoms with Gasteiger partial charge in [0.25, 0.3) is 0 Å². The van der Waals surface area contributed by atoms with Gasteiger partial charge >= 0.3 is 0 Å². The van der Waals surface area contributed by atoms with Crippen LogP contribution in [0.5, 0.6) is 0 Å². The highest BCUT2D eigenvalue weighted by molar-refractivity contribution is 6.08. The molecule has 2 aliphatic heterocycles. The van der Waals surface area contributed by atoms with Crippen LogP contribution in [0.1, 0.15) is 35.3 Å². The second kappa shape index (κ2) is 7.20. The Balaban J connectivity index is 1.69. The lowest BCUT2D eigenvalue weighted by Crippen LogP contribution is -2.44. The Kier molecular flexibility index (Phi) is 4.75. The van der Waals surface area contributed by atoms with Gasteiger partial charge in [0.2, 0.25) is 0 Å². The molecular weight excluding hydrogens is 336 g/mol. The molecule has 4 nitrogen and oxygen atoms in total. The lowest BCUT2D eigenvalue weighted by Gasteiger charge is -2.37. The Bertz CT molecular complexity index is 865. The number of fused-ring (bicyclic) bond motifs is 1. The molecule has 2 aromatic carbocycles. The molecule has 1 saturated heterocycles. The molecule has 0 aromatic heterocycles. The van der Waals surface area contributed by atoms with Crippen molar-refractivity contribution in [2.75, 3.05) is 31.2 Å². The van der Waals surface area contributed by atoms with Crippen molar-refractivity contribution in [3.63, 3.8) is 0 Å². The van der Waals surface area contributed by atoms with Gasteiger partial charge in [-0.25, -0.2) is 0 Å². The Morgan fingerprint density at radius 3 is 2.59 bits per heavy atom. The van der Waals surface area contributed by atoms with Crippen LogP contribution in [0.3, 0.4) is 0 Å². The van der Waals surface area contributed by atoms with Gasteiger partial charge < -0.3 is 15.0 Å². The fourth-order valence-corrected chi connectivity index (χ4v) is 3.89. The van der Waals surface area contributed by atoms with Crippen molar-refractivity contribution in [2.24, 2.45) is 0 Å². The number of allylic oxidation sites excluding steroid dienone is 1. The van der Waals surface area contributed by atoms with E-state index < -0.39 is 0 Å². The maximum Gasteiger partial charge on any atom is 0.187 e. The summed E-state index contributed by atoms with van der Waals surface area (Å²) in [6.45, 7) is 7.77. The molecule has 1 N–H and O–H groups in total. The van der Waals surface area contributed by atoms with E-state index in [-0.39, 0.29) is 11.3 Å². The number of hydrogen-bond acceptors (Lipinski definition) is 4. The molecule has 0 aliphatic carbocycles. The smallest absolute Gasteiger partial charge is 0.187 e. The van der Waals surface area contributed by atoms with Gasteiger partial charge in [-0.2, -0.15) is 0 Å². The van der Waals surface area contributed by atoms with E-state index >= 15 is 0 Å². The van der Waals surface area contributed by atoms with E-state index in [0.29, 0.717) is 5.56 Å². The summed E-state index contributed by atoms with van der Waals surface area (Å²) in [4.78, 5) is 15.1. The number of ketones is 1. The zero-order chi connectivity index (χ0) is 18.9. The molecule has 2 aliphatic rings. The quantitative estimate of drug-likeness (QED) is 0.668. The summed E-state index contributed by atoms with van der Waals surface area (Å²) in [7, 11) is 0. The molecule has 140 valence electrons. The molecule has 0 radical (unpaired) electrons. The molecule has 0 saturated carbocycles. The van der Waals surface area contributed by atoms with E-state index in [2.05, 4.69) is 42.3 Å². The normalized spacial score (nSPS) is 20.1. The summed E-state index contributed by atoms with van der Waals surface area (Å²) >= 11 is 0. The van der Waals surface area contributed by atoms with Crippen LogP contribution in [0.4, 0.5) is 5.69 Å². The van der Waals surface area contributed by atoms with Gasteiger partial charge in [-0.15, -0.1) is 0 Å². The Hall–Kier alpha value is -2.59. The van der Waals surface area contributed by atoms with Crippen molar-refractivity contribution >= 4 is 17.2 Å². The van der Waals surface area contributed by atoms with Crippen molar-refractivity contribution in [3.8, 4) is 0 Å². The summed E-state index contributed by atoms with van der Waals surface area (Å²) in [6.07, 6.45) is 2.67. The molecule has 0 amide bonds. The van der Waals surface area contributed by atoms with Gasteiger partial charge in [0.1, 0.15) is 0 Å². The number of benzene rings is 2. The summed E-state index contributed by atoms with van der Waals surface area (Å²) in [5.41, 5.74) is 5.17. The minimum atomic E-state index is -0.0978. The number of anilines is 1. The minimum Gasteiger partial charge on any atom is -0.379 e. The highest BCUT2D eigenvalue weighted by Gasteiger charge is 2.28. The van der Waals surface area contributed by atoms with Crippen molar-refractivity contribution in [1.29, 1.82) is 0 Å². The predicted octanol–water partition coefficient (Wildman–Crippen LogP) is 3.67. The van der Waals surface area contributed by atoms with E-state index in [9.17, 15) is 4.79 Å².